The van der Waals surface area contributed by atoms with Crippen LogP contribution >= 0.6 is 39.0 Å². The Morgan fingerprint density at radius 2 is 1.80 bits per heavy atom. The fourth-order valence-corrected chi connectivity index (χ4v) is 6.78. The Balaban J connectivity index is 1.99. The monoisotopic (exact) mass is 467 g/mol. The van der Waals surface area contributed by atoms with Crippen molar-refractivity contribution < 1.29 is 8.42 Å². The lowest BCUT2D eigenvalue weighted by molar-refractivity contribution is 0.530. The van der Waals surface area contributed by atoms with Crippen molar-refractivity contribution in [3.8, 4) is 0 Å². The summed E-state index contributed by atoms with van der Waals surface area (Å²) in [5, 5.41) is 15.8. The first-order chi connectivity index (χ1) is 11.5. The first-order valence-corrected chi connectivity index (χ1v) is 12.4. The maximum Gasteiger partial charge on any atom is 0.247 e. The molecule has 1 aromatic heterocycles. The predicted octanol–water partition coefficient (Wildman–Crippen LogP) is 5.39. The lowest BCUT2D eigenvalue weighted by Gasteiger charge is -2.18. The smallest absolute Gasteiger partial charge is 0.233 e. The zero-order valence-electron chi connectivity index (χ0n) is 14.7. The third kappa shape index (κ3) is 6.37. The van der Waals surface area contributed by atoms with Gasteiger partial charge in [-0.15, -0.1) is 21.6 Å². The highest BCUT2D eigenvalue weighted by Crippen LogP contribution is 2.46. The summed E-state index contributed by atoms with van der Waals surface area (Å²) in [6, 6.07) is 0. The van der Waals surface area contributed by atoms with Crippen LogP contribution in [-0.4, -0.2) is 30.4 Å². The van der Waals surface area contributed by atoms with Gasteiger partial charge in [0, 0.05) is 23.8 Å². The van der Waals surface area contributed by atoms with E-state index in [1.54, 1.807) is 11.3 Å². The van der Waals surface area contributed by atoms with Crippen molar-refractivity contribution in [3.63, 3.8) is 0 Å². The van der Waals surface area contributed by atoms with Gasteiger partial charge >= 0.3 is 0 Å². The van der Waals surface area contributed by atoms with Crippen molar-refractivity contribution in [1.82, 2.24) is 4.98 Å². The van der Waals surface area contributed by atoms with E-state index in [4.69, 9.17) is 4.98 Å². The number of hydrogen-bond acceptors (Lipinski definition) is 9. The number of aromatic nitrogens is 1. The molecule has 25 heavy (non-hydrogen) atoms. The van der Waals surface area contributed by atoms with E-state index in [1.807, 2.05) is 0 Å². The van der Waals surface area contributed by atoms with Crippen molar-refractivity contribution in [3.05, 3.63) is 9.48 Å². The molecule has 0 saturated carbocycles. The lowest BCUT2D eigenvalue weighted by Crippen LogP contribution is -2.16. The largest absolute Gasteiger partial charge is 0.247 e. The van der Waals surface area contributed by atoms with Gasteiger partial charge in [0.05, 0.1) is 9.48 Å². The van der Waals surface area contributed by atoms with Crippen LogP contribution in [0.1, 0.15) is 52.1 Å². The van der Waals surface area contributed by atoms with E-state index >= 15 is 0 Å². The van der Waals surface area contributed by atoms with E-state index in [2.05, 4.69) is 57.4 Å². The van der Waals surface area contributed by atoms with E-state index in [1.165, 1.54) is 18.0 Å². The third-order valence-electron chi connectivity index (χ3n) is 3.49. The van der Waals surface area contributed by atoms with Gasteiger partial charge in [0.25, 0.3) is 0 Å². The summed E-state index contributed by atoms with van der Waals surface area (Å²) in [4.78, 5) is 3.94. The molecule has 1 aromatic rings. The Morgan fingerprint density at radius 1 is 1.16 bits per heavy atom. The molecule has 7 nitrogen and oxygen atoms in total. The summed E-state index contributed by atoms with van der Waals surface area (Å²) < 4.78 is 24.3. The van der Waals surface area contributed by atoms with Gasteiger partial charge < -0.3 is 0 Å². The van der Waals surface area contributed by atoms with Crippen LogP contribution in [-0.2, 0) is 15.3 Å². The van der Waals surface area contributed by atoms with Gasteiger partial charge in [0.2, 0.25) is 4.99 Å². The van der Waals surface area contributed by atoms with Crippen molar-refractivity contribution in [2.45, 2.75) is 61.2 Å². The molecule has 0 N–H and O–H groups in total. The first-order valence-electron chi connectivity index (χ1n) is 7.88. The molecule has 0 saturated heterocycles. The second kappa shape index (κ2) is 8.10. The van der Waals surface area contributed by atoms with Gasteiger partial charge in [0.15, 0.2) is 4.34 Å². The molecule has 2 heterocycles. The normalized spacial score (nSPS) is 16.7. The third-order valence-corrected chi connectivity index (χ3v) is 7.48. The van der Waals surface area contributed by atoms with Crippen molar-refractivity contribution in [2.24, 2.45) is 20.7 Å². The second-order valence-electron chi connectivity index (χ2n) is 7.02. The Kier molecular flexibility index (Phi) is 6.77. The minimum absolute atomic E-state index is 0.0499. The fraction of sp³-hybridized carbons (Fsp3) is 0.786. The van der Waals surface area contributed by atoms with Crippen molar-refractivity contribution in [1.29, 1.82) is 0 Å². The van der Waals surface area contributed by atoms with Crippen LogP contribution in [0.25, 0.3) is 0 Å². The Bertz CT molecular complexity index is 756. The number of hydrogen-bond donors (Lipinski definition) is 0. The fourth-order valence-electron chi connectivity index (χ4n) is 2.22. The van der Waals surface area contributed by atoms with E-state index < -0.39 is 14.8 Å². The lowest BCUT2D eigenvalue weighted by atomic mass is 9.93. The molecule has 0 aromatic carbocycles. The molecule has 0 aliphatic carbocycles. The molecular weight excluding hydrogens is 446 g/mol. The van der Waals surface area contributed by atoms with Gasteiger partial charge in [0.1, 0.15) is 9.84 Å². The van der Waals surface area contributed by atoms with Crippen LogP contribution < -0.4 is 0 Å². The summed E-state index contributed by atoms with van der Waals surface area (Å²) in [6.07, 6.45) is 4.16. The van der Waals surface area contributed by atoms with Crippen LogP contribution in [0, 0.1) is 0 Å². The van der Waals surface area contributed by atoms with Gasteiger partial charge in [-0.2, -0.15) is 0 Å². The highest BCUT2D eigenvalue weighted by atomic mass is 79.9. The Morgan fingerprint density at radius 3 is 2.32 bits per heavy atom. The molecule has 1 aliphatic heterocycles. The number of sulfone groups is 1. The molecule has 0 bridgehead atoms. The SMILES string of the molecule is CC(C)(C)c1nc(SC2(CCCCCS(C)(=O)=O)N=NN=N2)sc1Br. The summed E-state index contributed by atoms with van der Waals surface area (Å²) in [7, 11) is -2.91. The number of halogens is 1. The van der Waals surface area contributed by atoms with Crippen molar-refractivity contribution >= 4 is 48.9 Å². The highest BCUT2D eigenvalue weighted by molar-refractivity contribution is 9.11. The van der Waals surface area contributed by atoms with Crippen LogP contribution in [0.4, 0.5) is 0 Å². The molecular formula is C14H22BrN5O2S3. The summed E-state index contributed by atoms with van der Waals surface area (Å²) in [5.41, 5.74) is 0.959. The average Bonchev–Trinajstić information content (AvgIpc) is 3.04. The van der Waals surface area contributed by atoms with Crippen molar-refractivity contribution in [2.75, 3.05) is 12.0 Å². The number of unbranched alkanes of at least 4 members (excludes halogenated alkanes) is 2. The van der Waals surface area contributed by atoms with E-state index in [0.29, 0.717) is 12.8 Å². The van der Waals surface area contributed by atoms with Crippen LogP contribution in [0.5, 0.6) is 0 Å². The summed E-state index contributed by atoms with van der Waals surface area (Å²) in [6.45, 7) is 6.36. The van der Waals surface area contributed by atoms with E-state index in [-0.39, 0.29) is 11.2 Å². The van der Waals surface area contributed by atoms with Gasteiger partial charge in [-0.25, -0.2) is 13.4 Å². The molecule has 140 valence electrons. The second-order valence-corrected chi connectivity index (χ2v) is 13.1. The summed E-state index contributed by atoms with van der Waals surface area (Å²) in [5.74, 6) is 0.213. The van der Waals surface area contributed by atoms with Crippen LogP contribution in [0.2, 0.25) is 0 Å². The van der Waals surface area contributed by atoms with E-state index in [0.717, 1.165) is 26.7 Å². The standard InChI is InChI=1S/C14H22BrN5O2S3/c1-13(2,3)10-11(15)23-12(16-10)24-14(17-19-20-18-14)8-6-5-7-9-25(4,21)22/h5-9H2,1-4H3. The number of thiazole rings is 1. The zero-order valence-corrected chi connectivity index (χ0v) is 18.7. The molecule has 0 atom stereocenters. The Hall–Kier alpha value is -0.390. The molecule has 2 rings (SSSR count). The maximum absolute atomic E-state index is 11.2. The average molecular weight is 468 g/mol. The van der Waals surface area contributed by atoms with Gasteiger partial charge in [-0.05, 0) is 51.0 Å². The van der Waals surface area contributed by atoms with Crippen LogP contribution in [0.3, 0.4) is 0 Å². The molecule has 0 fully saturated rings. The molecule has 0 radical (unpaired) electrons. The highest BCUT2D eigenvalue weighted by Gasteiger charge is 2.36. The van der Waals surface area contributed by atoms with Gasteiger partial charge in [-0.3, -0.25) is 0 Å². The molecule has 1 aliphatic rings. The van der Waals surface area contributed by atoms with E-state index in [9.17, 15) is 8.42 Å². The minimum atomic E-state index is -2.91. The summed E-state index contributed by atoms with van der Waals surface area (Å²) >= 11 is 6.60. The minimum Gasteiger partial charge on any atom is -0.233 e. The zero-order chi connectivity index (χ0) is 18.7. The topological polar surface area (TPSA) is 96.5 Å². The number of rotatable bonds is 8. The molecule has 0 unspecified atom stereocenters. The predicted molar refractivity (Wildman–Crippen MR) is 105 cm³/mol. The molecule has 0 amide bonds. The first kappa shape index (κ1) is 20.9. The Labute approximate surface area is 165 Å². The number of nitrogens with zero attached hydrogens (tertiary/aromatic N) is 5. The number of thioether (sulfide) groups is 1. The molecule has 11 heteroatoms. The quantitative estimate of drug-likeness (QED) is 0.478. The maximum atomic E-state index is 11.2. The van der Waals surface area contributed by atoms with Crippen LogP contribution in [0.15, 0.2) is 28.8 Å². The van der Waals surface area contributed by atoms with Gasteiger partial charge in [-0.1, -0.05) is 27.2 Å². The molecule has 0 spiro atoms.